The van der Waals surface area contributed by atoms with Crippen LogP contribution in [0.3, 0.4) is 0 Å². The van der Waals surface area contributed by atoms with Gasteiger partial charge in [0.05, 0.1) is 32.1 Å². The molecule has 0 aliphatic rings. The molecule has 2 rings (SSSR count). The van der Waals surface area contributed by atoms with E-state index in [1.54, 1.807) is 18.3 Å². The Hall–Kier alpha value is -0.590. The Morgan fingerprint density at radius 1 is 1.09 bits per heavy atom. The van der Waals surface area contributed by atoms with Crippen LogP contribution < -0.4 is 4.74 Å². The van der Waals surface area contributed by atoms with Gasteiger partial charge in [-0.1, -0.05) is 29.3 Å². The number of halogens is 4. The highest BCUT2D eigenvalue weighted by Gasteiger charge is 2.09. The second kappa shape index (κ2) is 9.04. The Bertz CT molecular complexity index is 700. The number of aliphatic hydroxyl groups is 1. The van der Waals surface area contributed by atoms with Crippen molar-refractivity contribution >= 4 is 61.3 Å². The molecule has 0 radical (unpaired) electrons. The first kappa shape index (κ1) is 18.7. The van der Waals surface area contributed by atoms with E-state index in [0.29, 0.717) is 28.9 Å². The largest absolute Gasteiger partial charge is 0.487 e. The lowest BCUT2D eigenvalue weighted by molar-refractivity contribution is 0.302. The molecule has 0 aromatic heterocycles. The van der Waals surface area contributed by atoms with Gasteiger partial charge in [-0.2, -0.15) is 0 Å². The Morgan fingerprint density at radius 2 is 1.78 bits per heavy atom. The van der Waals surface area contributed by atoms with Crippen molar-refractivity contribution in [3.8, 4) is 5.75 Å². The van der Waals surface area contributed by atoms with Gasteiger partial charge >= 0.3 is 0 Å². The summed E-state index contributed by atoms with van der Waals surface area (Å²) in [7, 11) is 0. The Balaban J connectivity index is 2.12. The molecular formula is C16H13Br2Cl2NO2. The van der Waals surface area contributed by atoms with Crippen LogP contribution in [0.4, 0.5) is 0 Å². The number of aliphatic hydroxyl groups excluding tert-OH is 1. The molecule has 0 amide bonds. The van der Waals surface area contributed by atoms with Crippen LogP contribution in [0.15, 0.2) is 44.3 Å². The first-order valence-electron chi connectivity index (χ1n) is 6.67. The van der Waals surface area contributed by atoms with Crippen LogP contribution >= 0.6 is 55.1 Å². The van der Waals surface area contributed by atoms with Gasteiger partial charge in [0.25, 0.3) is 0 Å². The predicted molar refractivity (Wildman–Crippen MR) is 102 cm³/mol. The van der Waals surface area contributed by atoms with Crippen LogP contribution in [0.5, 0.6) is 5.75 Å². The van der Waals surface area contributed by atoms with E-state index in [1.165, 1.54) is 0 Å². The molecule has 0 aliphatic heterocycles. The maximum absolute atomic E-state index is 8.74. The number of rotatable bonds is 6. The zero-order valence-corrected chi connectivity index (χ0v) is 16.6. The normalized spacial score (nSPS) is 11.2. The summed E-state index contributed by atoms with van der Waals surface area (Å²) in [5, 5.41) is 9.76. The summed E-state index contributed by atoms with van der Waals surface area (Å²) in [6, 6.07) is 9.19. The summed E-state index contributed by atoms with van der Waals surface area (Å²) < 4.78 is 7.46. The molecule has 2 aromatic carbocycles. The third-order valence-corrected chi connectivity index (χ3v) is 4.77. The second-order valence-corrected chi connectivity index (χ2v) is 7.13. The molecule has 0 fully saturated rings. The summed E-state index contributed by atoms with van der Waals surface area (Å²) in [6.07, 6.45) is 1.70. The number of ether oxygens (including phenoxy) is 1. The fourth-order valence-electron chi connectivity index (χ4n) is 1.80. The maximum atomic E-state index is 8.74. The molecule has 0 heterocycles. The number of hydrogen-bond donors (Lipinski definition) is 1. The Morgan fingerprint density at radius 3 is 2.39 bits per heavy atom. The van der Waals surface area contributed by atoms with Gasteiger partial charge in [-0.3, -0.25) is 4.99 Å². The SMILES string of the molecule is OCC/N=C/c1cc(Br)c(OCc2ccc(Cl)c(Cl)c2)c(Br)c1. The minimum atomic E-state index is 0.0314. The van der Waals surface area contributed by atoms with Crippen LogP contribution in [0.2, 0.25) is 10.0 Å². The topological polar surface area (TPSA) is 41.8 Å². The molecule has 0 bridgehead atoms. The first-order chi connectivity index (χ1) is 11.0. The Labute approximate surface area is 161 Å². The standard InChI is InChI=1S/C16H13Br2Cl2NO2/c17-12-5-11(8-21-3-4-22)6-13(18)16(12)23-9-10-1-2-14(19)15(20)7-10/h1-2,5-8,22H,3-4,9H2/b21-8+. The van der Waals surface area contributed by atoms with E-state index in [0.717, 1.165) is 20.1 Å². The molecule has 0 unspecified atom stereocenters. The van der Waals surface area contributed by atoms with Crippen LogP contribution in [-0.2, 0) is 6.61 Å². The average Bonchev–Trinajstić information content (AvgIpc) is 2.50. The van der Waals surface area contributed by atoms with Crippen molar-refractivity contribution in [2.45, 2.75) is 6.61 Å². The van der Waals surface area contributed by atoms with E-state index in [2.05, 4.69) is 36.9 Å². The number of hydrogen-bond acceptors (Lipinski definition) is 3. The molecule has 1 N–H and O–H groups in total. The van der Waals surface area contributed by atoms with Gasteiger partial charge in [-0.25, -0.2) is 0 Å². The summed E-state index contributed by atoms with van der Waals surface area (Å²) in [5.41, 5.74) is 1.82. The number of aliphatic imine (C=N–C) groups is 1. The number of benzene rings is 2. The fraction of sp³-hybridized carbons (Fsp3) is 0.188. The van der Waals surface area contributed by atoms with E-state index in [-0.39, 0.29) is 6.61 Å². The molecular weight excluding hydrogens is 469 g/mol. The molecule has 0 aliphatic carbocycles. The molecule has 122 valence electrons. The zero-order valence-electron chi connectivity index (χ0n) is 11.9. The van der Waals surface area contributed by atoms with E-state index < -0.39 is 0 Å². The molecule has 0 spiro atoms. The van der Waals surface area contributed by atoms with Crippen molar-refractivity contribution in [2.24, 2.45) is 4.99 Å². The van der Waals surface area contributed by atoms with Crippen molar-refractivity contribution in [3.05, 3.63) is 60.4 Å². The van der Waals surface area contributed by atoms with Gasteiger partial charge in [-0.05, 0) is 67.3 Å². The van der Waals surface area contributed by atoms with Crippen LogP contribution in [0.1, 0.15) is 11.1 Å². The third-order valence-electron chi connectivity index (χ3n) is 2.86. The van der Waals surface area contributed by atoms with Crippen LogP contribution in [-0.4, -0.2) is 24.5 Å². The molecule has 0 saturated heterocycles. The summed E-state index contributed by atoms with van der Waals surface area (Å²) in [6.45, 7) is 0.778. The van der Waals surface area contributed by atoms with E-state index >= 15 is 0 Å². The van der Waals surface area contributed by atoms with E-state index in [1.807, 2.05) is 18.2 Å². The molecule has 7 heteroatoms. The highest BCUT2D eigenvalue weighted by atomic mass is 79.9. The first-order valence-corrected chi connectivity index (χ1v) is 9.02. The Kier molecular flexibility index (Phi) is 7.37. The summed E-state index contributed by atoms with van der Waals surface area (Å²) in [4.78, 5) is 4.10. The van der Waals surface area contributed by atoms with Crippen LogP contribution in [0, 0.1) is 0 Å². The minimum absolute atomic E-state index is 0.0314. The molecule has 23 heavy (non-hydrogen) atoms. The third kappa shape index (κ3) is 5.47. The smallest absolute Gasteiger partial charge is 0.148 e. The van der Waals surface area contributed by atoms with Gasteiger partial charge in [0.2, 0.25) is 0 Å². The lowest BCUT2D eigenvalue weighted by Gasteiger charge is -2.12. The minimum Gasteiger partial charge on any atom is -0.487 e. The molecule has 3 nitrogen and oxygen atoms in total. The lowest BCUT2D eigenvalue weighted by Crippen LogP contribution is -1.98. The van der Waals surface area contributed by atoms with Crippen molar-refractivity contribution in [3.63, 3.8) is 0 Å². The monoisotopic (exact) mass is 479 g/mol. The molecule has 0 saturated carbocycles. The van der Waals surface area contributed by atoms with E-state index in [4.69, 9.17) is 33.0 Å². The molecule has 2 aromatic rings. The maximum Gasteiger partial charge on any atom is 0.148 e. The summed E-state index contributed by atoms with van der Waals surface area (Å²) in [5.74, 6) is 0.690. The van der Waals surface area contributed by atoms with Gasteiger partial charge < -0.3 is 9.84 Å². The van der Waals surface area contributed by atoms with Crippen molar-refractivity contribution < 1.29 is 9.84 Å². The quantitative estimate of drug-likeness (QED) is 0.553. The van der Waals surface area contributed by atoms with Crippen molar-refractivity contribution in [1.29, 1.82) is 0 Å². The highest BCUT2D eigenvalue weighted by molar-refractivity contribution is 9.11. The second-order valence-electron chi connectivity index (χ2n) is 4.61. The van der Waals surface area contributed by atoms with Gasteiger partial charge in [0.15, 0.2) is 0 Å². The lowest BCUT2D eigenvalue weighted by atomic mass is 10.2. The van der Waals surface area contributed by atoms with Gasteiger partial charge in [0, 0.05) is 6.21 Å². The summed E-state index contributed by atoms with van der Waals surface area (Å²) >= 11 is 18.9. The fourth-order valence-corrected chi connectivity index (χ4v) is 3.58. The van der Waals surface area contributed by atoms with Gasteiger partial charge in [-0.15, -0.1) is 0 Å². The van der Waals surface area contributed by atoms with Crippen LogP contribution in [0.25, 0.3) is 0 Å². The molecule has 0 atom stereocenters. The highest BCUT2D eigenvalue weighted by Crippen LogP contribution is 2.35. The van der Waals surface area contributed by atoms with Gasteiger partial charge in [0.1, 0.15) is 12.4 Å². The number of nitrogens with zero attached hydrogens (tertiary/aromatic N) is 1. The average molecular weight is 482 g/mol. The predicted octanol–water partition coefficient (Wildman–Crippen LogP) is 5.51. The van der Waals surface area contributed by atoms with E-state index in [9.17, 15) is 0 Å². The van der Waals surface area contributed by atoms with Crippen molar-refractivity contribution in [2.75, 3.05) is 13.2 Å². The zero-order chi connectivity index (χ0) is 16.8. The van der Waals surface area contributed by atoms with Crippen molar-refractivity contribution in [1.82, 2.24) is 0 Å².